The molecule has 0 amide bonds. The number of rotatable bonds is 3. The molecule has 0 bridgehead atoms. The minimum Gasteiger partial charge on any atom is -0.456 e. The van der Waals surface area contributed by atoms with Crippen molar-refractivity contribution in [1.82, 2.24) is 5.43 Å². The minimum atomic E-state index is -0.991. The summed E-state index contributed by atoms with van der Waals surface area (Å²) in [6.45, 7) is 0. The lowest BCUT2D eigenvalue weighted by Crippen LogP contribution is -2.28. The molecule has 0 saturated carbocycles. The average Bonchev–Trinajstić information content (AvgIpc) is 2.89. The van der Waals surface area contributed by atoms with Crippen molar-refractivity contribution in [3.63, 3.8) is 0 Å². The van der Waals surface area contributed by atoms with E-state index in [2.05, 4.69) is 5.43 Å². The first-order valence-corrected chi connectivity index (χ1v) is 6.19. The molecule has 0 aliphatic heterocycles. The van der Waals surface area contributed by atoms with Gasteiger partial charge >= 0.3 is 0 Å². The highest BCUT2D eigenvalue weighted by Gasteiger charge is 2.19. The monoisotopic (exact) mass is 292 g/mol. The summed E-state index contributed by atoms with van der Waals surface area (Å²) >= 11 is 0. The van der Waals surface area contributed by atoms with E-state index in [9.17, 15) is 13.2 Å². The third-order valence-electron chi connectivity index (χ3n) is 3.24. The Kier molecular flexibility index (Phi) is 3.40. The first-order valence-electron chi connectivity index (χ1n) is 6.19. The van der Waals surface area contributed by atoms with Gasteiger partial charge in [-0.2, -0.15) is 0 Å². The van der Waals surface area contributed by atoms with Gasteiger partial charge < -0.3 is 4.42 Å². The smallest absolute Gasteiger partial charge is 0.169 e. The predicted octanol–water partition coefficient (Wildman–Crippen LogP) is 3.40. The molecule has 0 radical (unpaired) electrons. The van der Waals surface area contributed by atoms with Gasteiger partial charge in [0.15, 0.2) is 23.0 Å². The Morgan fingerprint density at radius 2 is 1.76 bits per heavy atom. The van der Waals surface area contributed by atoms with Crippen molar-refractivity contribution in [2.75, 3.05) is 0 Å². The van der Waals surface area contributed by atoms with Gasteiger partial charge in [0.25, 0.3) is 0 Å². The summed E-state index contributed by atoms with van der Waals surface area (Å²) in [6, 6.07) is 8.80. The number of hydrogen-bond acceptors (Lipinski definition) is 3. The fourth-order valence-electron chi connectivity index (χ4n) is 2.22. The Morgan fingerprint density at radius 1 is 0.952 bits per heavy atom. The third-order valence-corrected chi connectivity index (χ3v) is 3.24. The number of benzene rings is 2. The van der Waals surface area contributed by atoms with Crippen LogP contribution in [0.2, 0.25) is 0 Å². The molecule has 0 aliphatic rings. The fourth-order valence-corrected chi connectivity index (χ4v) is 2.22. The van der Waals surface area contributed by atoms with Crippen LogP contribution in [0.3, 0.4) is 0 Å². The average molecular weight is 292 g/mol. The lowest BCUT2D eigenvalue weighted by molar-refractivity contribution is 0.460. The molecule has 1 unspecified atom stereocenters. The first kappa shape index (κ1) is 13.7. The molecule has 6 heteroatoms. The standard InChI is InChI=1S/C15H11F3N2O/c16-10-5-4-8(6-12(10)18)14(20-19)13-7-9-2-1-3-11(17)15(9)21-13/h1-7,14,20H,19H2. The zero-order chi connectivity index (χ0) is 15.0. The zero-order valence-corrected chi connectivity index (χ0v) is 10.7. The number of nitrogens with two attached hydrogens (primary N) is 1. The highest BCUT2D eigenvalue weighted by molar-refractivity contribution is 5.78. The zero-order valence-electron chi connectivity index (χ0n) is 10.7. The first-order chi connectivity index (χ1) is 10.1. The molecule has 0 saturated heterocycles. The van der Waals surface area contributed by atoms with Crippen molar-refractivity contribution in [2.45, 2.75) is 6.04 Å². The van der Waals surface area contributed by atoms with Crippen LogP contribution in [0.5, 0.6) is 0 Å². The van der Waals surface area contributed by atoms with Crippen molar-refractivity contribution in [1.29, 1.82) is 0 Å². The molecule has 108 valence electrons. The Labute approximate surface area is 118 Å². The van der Waals surface area contributed by atoms with Crippen LogP contribution < -0.4 is 11.3 Å². The van der Waals surface area contributed by atoms with Crippen LogP contribution in [0.1, 0.15) is 17.4 Å². The number of furan rings is 1. The van der Waals surface area contributed by atoms with E-state index < -0.39 is 23.5 Å². The number of para-hydroxylation sites is 1. The van der Waals surface area contributed by atoms with Gasteiger partial charge in [0.1, 0.15) is 11.8 Å². The quantitative estimate of drug-likeness (QED) is 0.574. The second-order valence-corrected chi connectivity index (χ2v) is 4.58. The summed E-state index contributed by atoms with van der Waals surface area (Å²) in [5, 5.41) is 0.563. The highest BCUT2D eigenvalue weighted by atomic mass is 19.2. The van der Waals surface area contributed by atoms with Crippen molar-refractivity contribution < 1.29 is 17.6 Å². The number of nitrogens with one attached hydrogen (secondary N) is 1. The Bertz CT molecular complexity index is 801. The molecule has 0 aliphatic carbocycles. The van der Waals surface area contributed by atoms with Gasteiger partial charge in [-0.15, -0.1) is 0 Å². The number of halogens is 3. The van der Waals surface area contributed by atoms with E-state index in [0.29, 0.717) is 16.7 Å². The Morgan fingerprint density at radius 3 is 2.43 bits per heavy atom. The van der Waals surface area contributed by atoms with Crippen LogP contribution in [-0.2, 0) is 0 Å². The predicted molar refractivity (Wildman–Crippen MR) is 71.7 cm³/mol. The molecule has 3 nitrogen and oxygen atoms in total. The summed E-state index contributed by atoms with van der Waals surface area (Å²) in [6.07, 6.45) is 0. The van der Waals surface area contributed by atoms with Crippen LogP contribution in [0.4, 0.5) is 13.2 Å². The van der Waals surface area contributed by atoms with E-state index in [-0.39, 0.29) is 5.58 Å². The number of hydrazine groups is 1. The molecular weight excluding hydrogens is 281 g/mol. The third kappa shape index (κ3) is 2.39. The molecule has 2 aromatic carbocycles. The maximum absolute atomic E-state index is 13.6. The molecule has 1 atom stereocenters. The lowest BCUT2D eigenvalue weighted by atomic mass is 10.0. The topological polar surface area (TPSA) is 51.2 Å². The number of hydrogen-bond donors (Lipinski definition) is 2. The molecule has 0 fully saturated rings. The molecule has 1 aromatic heterocycles. The van der Waals surface area contributed by atoms with Gasteiger partial charge in [0.05, 0.1) is 0 Å². The van der Waals surface area contributed by atoms with Crippen molar-refractivity contribution in [3.05, 3.63) is 71.2 Å². The maximum atomic E-state index is 13.6. The molecule has 0 spiro atoms. The van der Waals surface area contributed by atoms with Crippen molar-refractivity contribution in [3.8, 4) is 0 Å². The summed E-state index contributed by atoms with van der Waals surface area (Å²) < 4.78 is 45.4. The Hall–Kier alpha value is -2.31. The maximum Gasteiger partial charge on any atom is 0.169 e. The van der Waals surface area contributed by atoms with Crippen LogP contribution in [0.25, 0.3) is 11.0 Å². The lowest BCUT2D eigenvalue weighted by Gasteiger charge is -2.13. The normalized spacial score (nSPS) is 12.8. The van der Waals surface area contributed by atoms with Gasteiger partial charge in [-0.3, -0.25) is 5.84 Å². The van der Waals surface area contributed by atoms with Crippen LogP contribution >= 0.6 is 0 Å². The second-order valence-electron chi connectivity index (χ2n) is 4.58. The molecule has 1 heterocycles. The van der Waals surface area contributed by atoms with Crippen LogP contribution in [0.15, 0.2) is 46.9 Å². The molecule has 3 N–H and O–H groups in total. The summed E-state index contributed by atoms with van der Waals surface area (Å²) in [5.41, 5.74) is 2.92. The van der Waals surface area contributed by atoms with Crippen molar-refractivity contribution >= 4 is 11.0 Å². The second kappa shape index (κ2) is 5.23. The molecule has 3 rings (SSSR count). The van der Waals surface area contributed by atoms with E-state index in [1.54, 1.807) is 18.2 Å². The van der Waals surface area contributed by atoms with Gasteiger partial charge in [0.2, 0.25) is 0 Å². The largest absolute Gasteiger partial charge is 0.456 e. The summed E-state index contributed by atoms with van der Waals surface area (Å²) in [4.78, 5) is 0. The van der Waals surface area contributed by atoms with Crippen LogP contribution in [-0.4, -0.2) is 0 Å². The van der Waals surface area contributed by atoms with Crippen molar-refractivity contribution in [2.24, 2.45) is 5.84 Å². The van der Waals surface area contributed by atoms with Crippen LogP contribution in [0, 0.1) is 17.5 Å². The fraction of sp³-hybridized carbons (Fsp3) is 0.0667. The van der Waals surface area contributed by atoms with Gasteiger partial charge in [-0.05, 0) is 29.8 Å². The van der Waals surface area contributed by atoms with E-state index in [1.807, 2.05) is 0 Å². The molecular formula is C15H11F3N2O. The van der Waals surface area contributed by atoms with E-state index in [4.69, 9.17) is 10.3 Å². The van der Waals surface area contributed by atoms with Gasteiger partial charge in [-0.25, -0.2) is 18.6 Å². The van der Waals surface area contributed by atoms with Gasteiger partial charge in [-0.1, -0.05) is 18.2 Å². The Balaban J connectivity index is 2.09. The summed E-state index contributed by atoms with van der Waals surface area (Å²) in [5.74, 6) is 3.33. The van der Waals surface area contributed by atoms with E-state index in [0.717, 1.165) is 12.1 Å². The SMILES string of the molecule is NNC(c1ccc(F)c(F)c1)c1cc2cccc(F)c2o1. The number of fused-ring (bicyclic) bond motifs is 1. The van der Waals surface area contributed by atoms with E-state index >= 15 is 0 Å². The minimum absolute atomic E-state index is 0.0929. The van der Waals surface area contributed by atoms with E-state index in [1.165, 1.54) is 12.1 Å². The molecule has 21 heavy (non-hydrogen) atoms. The molecule has 3 aromatic rings. The highest BCUT2D eigenvalue weighted by Crippen LogP contribution is 2.29. The summed E-state index contributed by atoms with van der Waals surface area (Å²) in [7, 11) is 0. The van der Waals surface area contributed by atoms with Gasteiger partial charge in [0, 0.05) is 5.39 Å².